The van der Waals surface area contributed by atoms with Crippen LogP contribution < -0.4 is 11.2 Å². The van der Waals surface area contributed by atoms with Gasteiger partial charge in [-0.05, 0) is 33.6 Å². The molecule has 3 rings (SSSR count). The average molecular weight is 418 g/mol. The van der Waals surface area contributed by atoms with Crippen molar-refractivity contribution in [3.8, 4) is 0 Å². The molecule has 0 bridgehead atoms. The molecule has 0 unspecified atom stereocenters. The summed E-state index contributed by atoms with van der Waals surface area (Å²) in [5.74, 6) is 0. The molecule has 1 aromatic carbocycles. The molecule has 23 heavy (non-hydrogen) atoms. The number of fused-ring (bicyclic) bond motifs is 1. The molecular weight excluding hydrogens is 407 g/mol. The lowest BCUT2D eigenvalue weighted by atomic mass is 10.2. The van der Waals surface area contributed by atoms with Crippen LogP contribution in [-0.4, -0.2) is 18.7 Å². The van der Waals surface area contributed by atoms with Crippen molar-refractivity contribution < 1.29 is 0 Å². The van der Waals surface area contributed by atoms with Crippen LogP contribution in [0.4, 0.5) is 0 Å². The predicted molar refractivity (Wildman–Crippen MR) is 93.5 cm³/mol. The summed E-state index contributed by atoms with van der Waals surface area (Å²) in [6.07, 6.45) is 0. The standard InChI is InChI=1S/C14H11BrCl2N4O2/c1-19-10-11(18-13(19)15)20(2)14(23)21(12(10)22)6-7-3-4-8(16)9(17)5-7/h3-5H,6H2,1-2H3. The summed E-state index contributed by atoms with van der Waals surface area (Å²) in [7, 11) is 3.28. The second-order valence-corrected chi connectivity index (χ2v) is 6.62. The van der Waals surface area contributed by atoms with Crippen LogP contribution >= 0.6 is 39.1 Å². The van der Waals surface area contributed by atoms with Gasteiger partial charge in [-0.3, -0.25) is 13.9 Å². The van der Waals surface area contributed by atoms with Gasteiger partial charge in [-0.2, -0.15) is 0 Å². The minimum Gasteiger partial charge on any atom is -0.316 e. The molecule has 0 aliphatic rings. The lowest BCUT2D eigenvalue weighted by Gasteiger charge is -2.09. The summed E-state index contributed by atoms with van der Waals surface area (Å²) in [6.45, 7) is 0.0983. The van der Waals surface area contributed by atoms with Gasteiger partial charge in [0.15, 0.2) is 15.9 Å². The van der Waals surface area contributed by atoms with Crippen molar-refractivity contribution in [1.29, 1.82) is 0 Å². The number of nitrogens with zero attached hydrogens (tertiary/aromatic N) is 4. The summed E-state index contributed by atoms with van der Waals surface area (Å²) in [5.41, 5.74) is 0.534. The first kappa shape index (κ1) is 16.3. The third-order valence-corrected chi connectivity index (χ3v) is 5.08. The second kappa shape index (κ2) is 5.81. The van der Waals surface area contributed by atoms with Crippen molar-refractivity contribution in [3.05, 3.63) is 59.4 Å². The zero-order valence-electron chi connectivity index (χ0n) is 12.2. The van der Waals surface area contributed by atoms with E-state index >= 15 is 0 Å². The molecule has 0 saturated heterocycles. The molecule has 120 valence electrons. The minimum atomic E-state index is -0.445. The maximum Gasteiger partial charge on any atom is 0.332 e. The third kappa shape index (κ3) is 2.62. The quantitative estimate of drug-likeness (QED) is 0.602. The molecule has 3 aromatic rings. The number of aryl methyl sites for hydroxylation is 2. The Balaban J connectivity index is 2.25. The highest BCUT2D eigenvalue weighted by molar-refractivity contribution is 9.10. The average Bonchev–Trinajstić information content (AvgIpc) is 2.81. The van der Waals surface area contributed by atoms with Gasteiger partial charge in [0, 0.05) is 14.1 Å². The molecule has 0 N–H and O–H groups in total. The van der Waals surface area contributed by atoms with Crippen molar-refractivity contribution in [2.75, 3.05) is 0 Å². The molecule has 0 amide bonds. The van der Waals surface area contributed by atoms with Gasteiger partial charge in [0.05, 0.1) is 16.6 Å². The van der Waals surface area contributed by atoms with Gasteiger partial charge in [0.2, 0.25) is 0 Å². The number of hydrogen-bond acceptors (Lipinski definition) is 3. The van der Waals surface area contributed by atoms with Crippen LogP contribution in [0.1, 0.15) is 5.56 Å². The molecule has 0 aliphatic heterocycles. The van der Waals surface area contributed by atoms with Crippen LogP contribution in [0, 0.1) is 0 Å². The van der Waals surface area contributed by atoms with Gasteiger partial charge < -0.3 is 4.57 Å². The van der Waals surface area contributed by atoms with Gasteiger partial charge in [0.25, 0.3) is 5.56 Å². The van der Waals surface area contributed by atoms with Crippen molar-refractivity contribution in [3.63, 3.8) is 0 Å². The summed E-state index contributed by atoms with van der Waals surface area (Å²) >= 11 is 15.1. The van der Waals surface area contributed by atoms with E-state index in [0.29, 0.717) is 31.5 Å². The third-order valence-electron chi connectivity index (χ3n) is 3.63. The van der Waals surface area contributed by atoms with E-state index in [-0.39, 0.29) is 6.54 Å². The molecule has 6 nitrogen and oxygen atoms in total. The molecule has 0 aliphatic carbocycles. The number of halogens is 3. The van der Waals surface area contributed by atoms with E-state index < -0.39 is 11.2 Å². The zero-order chi connectivity index (χ0) is 16.9. The van der Waals surface area contributed by atoms with Crippen LogP contribution in [-0.2, 0) is 20.6 Å². The predicted octanol–water partition coefficient (Wildman–Crippen LogP) is 2.55. The fourth-order valence-electron chi connectivity index (χ4n) is 2.38. The van der Waals surface area contributed by atoms with Crippen LogP contribution in [0.5, 0.6) is 0 Å². The number of rotatable bonds is 2. The maximum atomic E-state index is 12.7. The Labute approximate surface area is 149 Å². The van der Waals surface area contributed by atoms with Crippen LogP contribution in [0.15, 0.2) is 32.5 Å². The normalized spacial score (nSPS) is 11.3. The Morgan fingerprint density at radius 1 is 1.13 bits per heavy atom. The van der Waals surface area contributed by atoms with E-state index in [1.165, 1.54) is 4.57 Å². The fourth-order valence-corrected chi connectivity index (χ4v) is 3.04. The molecule has 0 spiro atoms. The van der Waals surface area contributed by atoms with E-state index in [9.17, 15) is 9.59 Å². The van der Waals surface area contributed by atoms with Crippen molar-refractivity contribution in [1.82, 2.24) is 18.7 Å². The Hall–Kier alpha value is -1.57. The molecule has 0 atom stereocenters. The highest BCUT2D eigenvalue weighted by Crippen LogP contribution is 2.22. The van der Waals surface area contributed by atoms with Gasteiger partial charge in [-0.1, -0.05) is 29.3 Å². The lowest BCUT2D eigenvalue weighted by molar-refractivity contribution is 0.655. The summed E-state index contributed by atoms with van der Waals surface area (Å²) in [5, 5.41) is 0.792. The van der Waals surface area contributed by atoms with E-state index in [0.717, 1.165) is 4.57 Å². The molecule has 0 saturated carbocycles. The van der Waals surface area contributed by atoms with Gasteiger partial charge in [-0.25, -0.2) is 9.78 Å². The fraction of sp³-hybridized carbons (Fsp3) is 0.214. The van der Waals surface area contributed by atoms with E-state index in [4.69, 9.17) is 23.2 Å². The van der Waals surface area contributed by atoms with Crippen molar-refractivity contribution in [2.45, 2.75) is 6.54 Å². The second-order valence-electron chi connectivity index (χ2n) is 5.09. The van der Waals surface area contributed by atoms with E-state index in [1.807, 2.05) is 0 Å². The Kier molecular flexibility index (Phi) is 4.12. The SMILES string of the molecule is Cn1c(Br)nc2c1c(=O)n(Cc1ccc(Cl)c(Cl)c1)c(=O)n2C. The Morgan fingerprint density at radius 3 is 2.48 bits per heavy atom. The highest BCUT2D eigenvalue weighted by Gasteiger charge is 2.17. The summed E-state index contributed by atoms with van der Waals surface area (Å²) in [4.78, 5) is 29.4. The highest BCUT2D eigenvalue weighted by atomic mass is 79.9. The minimum absolute atomic E-state index is 0.0983. The number of hydrogen-bond donors (Lipinski definition) is 0. The molecule has 0 radical (unpaired) electrons. The van der Waals surface area contributed by atoms with Crippen LogP contribution in [0.2, 0.25) is 10.0 Å². The molecule has 2 heterocycles. The first-order valence-electron chi connectivity index (χ1n) is 6.57. The monoisotopic (exact) mass is 416 g/mol. The van der Waals surface area contributed by atoms with E-state index in [2.05, 4.69) is 20.9 Å². The largest absolute Gasteiger partial charge is 0.332 e. The van der Waals surface area contributed by atoms with Crippen LogP contribution in [0.25, 0.3) is 11.2 Å². The maximum absolute atomic E-state index is 12.7. The molecule has 0 fully saturated rings. The van der Waals surface area contributed by atoms with Gasteiger partial charge in [-0.15, -0.1) is 0 Å². The Morgan fingerprint density at radius 2 is 1.83 bits per heavy atom. The first-order valence-corrected chi connectivity index (χ1v) is 8.12. The molecule has 2 aromatic heterocycles. The summed E-state index contributed by atoms with van der Waals surface area (Å²) in [6, 6.07) is 5.00. The number of aromatic nitrogens is 4. The number of imidazole rings is 1. The Bertz CT molecular complexity index is 1050. The van der Waals surface area contributed by atoms with Crippen molar-refractivity contribution >= 4 is 50.3 Å². The van der Waals surface area contributed by atoms with Gasteiger partial charge >= 0.3 is 5.69 Å². The topological polar surface area (TPSA) is 61.8 Å². The summed E-state index contributed by atoms with van der Waals surface area (Å²) < 4.78 is 4.57. The molecular formula is C14H11BrCl2N4O2. The lowest BCUT2D eigenvalue weighted by Crippen LogP contribution is -2.39. The first-order chi connectivity index (χ1) is 10.8. The van der Waals surface area contributed by atoms with E-state index in [1.54, 1.807) is 36.9 Å². The van der Waals surface area contributed by atoms with Gasteiger partial charge in [0.1, 0.15) is 0 Å². The van der Waals surface area contributed by atoms with Crippen LogP contribution in [0.3, 0.4) is 0 Å². The smallest absolute Gasteiger partial charge is 0.316 e. The molecule has 9 heteroatoms. The van der Waals surface area contributed by atoms with Crippen molar-refractivity contribution in [2.24, 2.45) is 14.1 Å². The zero-order valence-corrected chi connectivity index (χ0v) is 15.3. The number of benzene rings is 1.